The van der Waals surface area contributed by atoms with E-state index < -0.39 is 9.84 Å². The highest BCUT2D eigenvalue weighted by Crippen LogP contribution is 2.59. The topological polar surface area (TPSA) is 37.4 Å². The maximum absolute atomic E-state index is 13.9. The molecule has 0 N–H and O–H groups in total. The summed E-state index contributed by atoms with van der Waals surface area (Å²) in [6.45, 7) is 2.13. The number of hydrogen-bond acceptors (Lipinski definition) is 3. The molecule has 1 saturated carbocycles. The van der Waals surface area contributed by atoms with Crippen molar-refractivity contribution in [3.63, 3.8) is 0 Å². The number of hydrogen-bond donors (Lipinski definition) is 0. The van der Waals surface area contributed by atoms with Crippen molar-refractivity contribution in [1.29, 1.82) is 0 Å². The van der Waals surface area contributed by atoms with E-state index in [0.29, 0.717) is 15.7 Å². The lowest BCUT2D eigenvalue weighted by Gasteiger charge is -2.32. The number of nitrogens with zero attached hydrogens (tertiary/aromatic N) is 1. The van der Waals surface area contributed by atoms with Gasteiger partial charge in [-0.2, -0.15) is 0 Å². The Morgan fingerprint density at radius 2 is 1.45 bits per heavy atom. The summed E-state index contributed by atoms with van der Waals surface area (Å²) in [5.74, 6) is 0.430. The van der Waals surface area contributed by atoms with Crippen LogP contribution in [0.1, 0.15) is 30.4 Å². The van der Waals surface area contributed by atoms with Crippen LogP contribution in [-0.2, 0) is 15.3 Å². The van der Waals surface area contributed by atoms with E-state index in [1.54, 1.807) is 12.1 Å². The van der Waals surface area contributed by atoms with Crippen LogP contribution in [0.15, 0.2) is 149 Å². The first-order valence-electron chi connectivity index (χ1n) is 14.7. The second kappa shape index (κ2) is 9.30. The molecule has 0 amide bonds. The molecule has 4 aromatic rings. The summed E-state index contributed by atoms with van der Waals surface area (Å²) in [7, 11) is -3.66. The lowest BCUT2D eigenvalue weighted by molar-refractivity contribution is 0.599. The van der Waals surface area contributed by atoms with Gasteiger partial charge in [0.1, 0.15) is 0 Å². The summed E-state index contributed by atoms with van der Waals surface area (Å²) in [5.41, 5.74) is 9.15. The largest absolute Gasteiger partial charge is 0.311 e. The van der Waals surface area contributed by atoms with E-state index in [-0.39, 0.29) is 5.41 Å². The summed E-state index contributed by atoms with van der Waals surface area (Å²) in [6, 6.07) is 30.4. The summed E-state index contributed by atoms with van der Waals surface area (Å²) < 4.78 is 27.9. The molecule has 0 spiro atoms. The van der Waals surface area contributed by atoms with Gasteiger partial charge in [0.15, 0.2) is 0 Å². The Hall–Kier alpha value is -4.41. The Balaban J connectivity index is 1.27. The summed E-state index contributed by atoms with van der Waals surface area (Å²) in [4.78, 5) is 3.12. The van der Waals surface area contributed by atoms with Gasteiger partial charge in [-0.3, -0.25) is 0 Å². The van der Waals surface area contributed by atoms with Crippen molar-refractivity contribution in [3.8, 4) is 22.3 Å². The molecule has 4 aliphatic rings. The van der Waals surface area contributed by atoms with Crippen LogP contribution < -0.4 is 4.90 Å². The average molecular weight is 566 g/mol. The summed E-state index contributed by atoms with van der Waals surface area (Å²) in [6.07, 6.45) is 16.9. The van der Waals surface area contributed by atoms with Crippen molar-refractivity contribution in [3.05, 3.63) is 150 Å². The molecule has 8 rings (SSSR count). The molecular weight excluding hydrogens is 534 g/mol. The van der Waals surface area contributed by atoms with E-state index in [9.17, 15) is 8.42 Å². The van der Waals surface area contributed by atoms with Gasteiger partial charge in [-0.25, -0.2) is 8.42 Å². The number of para-hydroxylation sites is 1. The molecule has 2 atom stereocenters. The third-order valence-electron chi connectivity index (χ3n) is 9.25. The molecule has 0 radical (unpaired) electrons. The van der Waals surface area contributed by atoms with Gasteiger partial charge in [0.05, 0.1) is 15.5 Å². The lowest BCUT2D eigenvalue weighted by Crippen LogP contribution is -2.24. The fourth-order valence-electron chi connectivity index (χ4n) is 7.01. The number of fused-ring (bicyclic) bond motifs is 4. The number of sulfone groups is 1. The van der Waals surface area contributed by atoms with Crippen LogP contribution in [0.5, 0.6) is 0 Å². The van der Waals surface area contributed by atoms with Crippen LogP contribution in [-0.4, -0.2) is 8.42 Å². The highest BCUT2D eigenvalue weighted by molar-refractivity contribution is 7.92. The number of aryl methyl sites for hydroxylation is 1. The van der Waals surface area contributed by atoms with E-state index in [4.69, 9.17) is 0 Å². The molecule has 3 nitrogen and oxygen atoms in total. The molecule has 0 bridgehead atoms. The van der Waals surface area contributed by atoms with Crippen LogP contribution in [0.25, 0.3) is 22.3 Å². The van der Waals surface area contributed by atoms with Crippen molar-refractivity contribution in [2.75, 3.05) is 4.90 Å². The Labute approximate surface area is 247 Å². The number of anilines is 1. The van der Waals surface area contributed by atoms with Gasteiger partial charge in [-0.1, -0.05) is 109 Å². The molecule has 206 valence electrons. The van der Waals surface area contributed by atoms with Gasteiger partial charge in [-0.15, -0.1) is 0 Å². The summed E-state index contributed by atoms with van der Waals surface area (Å²) >= 11 is 0. The predicted octanol–water partition coefficient (Wildman–Crippen LogP) is 8.93. The monoisotopic (exact) mass is 565 g/mol. The number of benzene rings is 4. The fourth-order valence-corrected chi connectivity index (χ4v) is 8.89. The SMILES string of the molecule is Cc1ccc([C@@]23C=CC(N(C4=CCCC=C4)c4ccccc4-c4cccc5c4S(=O)(=O)c4ccccc4-5)=C[C@@H]2C3)cc1. The van der Waals surface area contributed by atoms with Gasteiger partial charge in [0, 0.05) is 39.1 Å². The Morgan fingerprint density at radius 1 is 0.738 bits per heavy atom. The third-order valence-corrected chi connectivity index (χ3v) is 11.2. The minimum atomic E-state index is -3.66. The van der Waals surface area contributed by atoms with Crippen molar-refractivity contribution >= 4 is 15.5 Å². The van der Waals surface area contributed by atoms with Crippen molar-refractivity contribution in [2.24, 2.45) is 5.92 Å². The maximum atomic E-state index is 13.9. The minimum Gasteiger partial charge on any atom is -0.311 e. The molecule has 3 aliphatic carbocycles. The lowest BCUT2D eigenvalue weighted by atomic mass is 9.88. The molecule has 0 unspecified atom stereocenters. The molecule has 1 fully saturated rings. The molecule has 4 heteroatoms. The smallest absolute Gasteiger partial charge is 0.208 e. The molecule has 0 saturated heterocycles. The third kappa shape index (κ3) is 3.75. The first-order chi connectivity index (χ1) is 20.5. The van der Waals surface area contributed by atoms with Crippen LogP contribution in [0.4, 0.5) is 5.69 Å². The molecule has 0 aromatic heterocycles. The predicted molar refractivity (Wildman–Crippen MR) is 170 cm³/mol. The van der Waals surface area contributed by atoms with Gasteiger partial charge in [0.2, 0.25) is 9.84 Å². The second-order valence-electron chi connectivity index (χ2n) is 11.8. The van der Waals surface area contributed by atoms with Crippen LogP contribution in [0.3, 0.4) is 0 Å². The Kier molecular flexibility index (Phi) is 5.61. The molecular formula is C38H31NO2S. The first-order valence-corrected chi connectivity index (χ1v) is 16.2. The van der Waals surface area contributed by atoms with E-state index in [0.717, 1.165) is 58.6 Å². The molecule has 42 heavy (non-hydrogen) atoms. The Morgan fingerprint density at radius 3 is 2.21 bits per heavy atom. The normalized spacial score (nSPS) is 22.5. The van der Waals surface area contributed by atoms with Crippen LogP contribution in [0.2, 0.25) is 0 Å². The highest BCUT2D eigenvalue weighted by atomic mass is 32.2. The number of rotatable bonds is 5. The Bertz CT molecular complexity index is 2000. The minimum absolute atomic E-state index is 0.0687. The van der Waals surface area contributed by atoms with Crippen LogP contribution >= 0.6 is 0 Å². The van der Waals surface area contributed by atoms with E-state index in [1.165, 1.54) is 11.1 Å². The van der Waals surface area contributed by atoms with E-state index in [1.807, 2.05) is 42.5 Å². The number of allylic oxidation sites excluding steroid dienone is 6. The second-order valence-corrected chi connectivity index (χ2v) is 13.6. The van der Waals surface area contributed by atoms with E-state index >= 15 is 0 Å². The van der Waals surface area contributed by atoms with Gasteiger partial charge in [0.25, 0.3) is 0 Å². The average Bonchev–Trinajstić information content (AvgIpc) is 3.72. The zero-order valence-electron chi connectivity index (χ0n) is 23.5. The maximum Gasteiger partial charge on any atom is 0.208 e. The molecule has 1 heterocycles. The van der Waals surface area contributed by atoms with Crippen molar-refractivity contribution in [2.45, 2.75) is 41.4 Å². The van der Waals surface area contributed by atoms with Crippen molar-refractivity contribution < 1.29 is 8.42 Å². The first kappa shape index (κ1) is 25.3. The standard InChI is InChI=1S/C38H31NO2S/c1-26-18-20-27(21-19-26)38-23-22-30(24-28(38)25-38)39(29-10-3-2-4-11-29)35-16-7-5-12-31(35)33-14-9-15-34-32-13-6-8-17-36(32)42(40,41)37(33)34/h3,5-24,28H,2,4,25H2,1H3/t28-,38+/m1/s1. The summed E-state index contributed by atoms with van der Waals surface area (Å²) in [5, 5.41) is 0. The van der Waals surface area contributed by atoms with Gasteiger partial charge in [-0.05, 0) is 62.0 Å². The van der Waals surface area contributed by atoms with E-state index in [2.05, 4.69) is 84.7 Å². The van der Waals surface area contributed by atoms with Gasteiger partial charge >= 0.3 is 0 Å². The fraction of sp³-hybridized carbons (Fsp3) is 0.158. The van der Waals surface area contributed by atoms with Gasteiger partial charge < -0.3 is 4.90 Å². The zero-order chi connectivity index (χ0) is 28.5. The molecule has 1 aliphatic heterocycles. The highest BCUT2D eigenvalue weighted by Gasteiger charge is 2.53. The van der Waals surface area contributed by atoms with Crippen molar-refractivity contribution in [1.82, 2.24) is 0 Å². The van der Waals surface area contributed by atoms with Crippen LogP contribution in [0, 0.1) is 12.8 Å². The molecule has 4 aromatic carbocycles. The zero-order valence-corrected chi connectivity index (χ0v) is 24.3. The quantitative estimate of drug-likeness (QED) is 0.213.